The van der Waals surface area contributed by atoms with E-state index in [1.54, 1.807) is 29.8 Å². The van der Waals surface area contributed by atoms with Crippen molar-refractivity contribution in [3.63, 3.8) is 0 Å². The minimum atomic E-state index is -0.159. The van der Waals surface area contributed by atoms with E-state index in [0.717, 1.165) is 6.42 Å². The van der Waals surface area contributed by atoms with E-state index in [4.69, 9.17) is 0 Å². The minimum absolute atomic E-state index is 0.102. The van der Waals surface area contributed by atoms with E-state index in [9.17, 15) is 4.79 Å². The van der Waals surface area contributed by atoms with Crippen LogP contribution in [-0.2, 0) is 6.42 Å². The van der Waals surface area contributed by atoms with E-state index in [-0.39, 0.29) is 12.1 Å². The number of urea groups is 1. The van der Waals surface area contributed by atoms with Gasteiger partial charge in [0, 0.05) is 31.5 Å². The highest BCUT2D eigenvalue weighted by Crippen LogP contribution is 2.08. The molecule has 0 radical (unpaired) electrons. The molecule has 0 saturated carbocycles. The van der Waals surface area contributed by atoms with Gasteiger partial charge in [0.25, 0.3) is 0 Å². The highest BCUT2D eigenvalue weighted by molar-refractivity contribution is 7.07. The Hall–Kier alpha value is -2.15. The first-order valence-electron chi connectivity index (χ1n) is 6.80. The van der Waals surface area contributed by atoms with Gasteiger partial charge in [-0.05, 0) is 41.8 Å². The molecule has 112 valence electrons. The molecule has 2 aromatic heterocycles. The van der Waals surface area contributed by atoms with Crippen LogP contribution in [0.4, 0.5) is 10.7 Å². The van der Waals surface area contributed by atoms with Crippen LogP contribution in [0.1, 0.15) is 12.5 Å². The number of hydrogen-bond donors (Lipinski definition) is 3. The zero-order valence-corrected chi connectivity index (χ0v) is 12.7. The molecule has 0 aliphatic rings. The maximum absolute atomic E-state index is 11.7. The van der Waals surface area contributed by atoms with Crippen molar-refractivity contribution in [1.29, 1.82) is 0 Å². The van der Waals surface area contributed by atoms with Gasteiger partial charge in [0.2, 0.25) is 5.95 Å². The molecule has 0 fully saturated rings. The Bertz CT molecular complexity index is 532. The molecule has 6 nitrogen and oxygen atoms in total. The van der Waals surface area contributed by atoms with Crippen LogP contribution >= 0.6 is 11.3 Å². The Morgan fingerprint density at radius 1 is 1.33 bits per heavy atom. The van der Waals surface area contributed by atoms with Gasteiger partial charge in [0.15, 0.2) is 0 Å². The average molecular weight is 305 g/mol. The molecular weight excluding hydrogens is 286 g/mol. The molecule has 2 rings (SSSR count). The lowest BCUT2D eigenvalue weighted by atomic mass is 10.1. The number of hydrogen-bond acceptors (Lipinski definition) is 5. The maximum Gasteiger partial charge on any atom is 0.315 e. The first-order valence-corrected chi connectivity index (χ1v) is 7.74. The lowest BCUT2D eigenvalue weighted by molar-refractivity contribution is 0.238. The minimum Gasteiger partial charge on any atom is -0.352 e. The van der Waals surface area contributed by atoms with Crippen LogP contribution in [0, 0.1) is 0 Å². The van der Waals surface area contributed by atoms with Crippen molar-refractivity contribution >= 4 is 23.3 Å². The van der Waals surface area contributed by atoms with Crippen molar-refractivity contribution in [2.24, 2.45) is 0 Å². The molecule has 0 aliphatic heterocycles. The molecule has 0 unspecified atom stereocenters. The van der Waals surface area contributed by atoms with E-state index in [2.05, 4.69) is 37.4 Å². The van der Waals surface area contributed by atoms with Crippen molar-refractivity contribution in [3.8, 4) is 0 Å². The third kappa shape index (κ3) is 5.78. The van der Waals surface area contributed by atoms with Crippen LogP contribution in [0.15, 0.2) is 35.3 Å². The summed E-state index contributed by atoms with van der Waals surface area (Å²) in [5.41, 5.74) is 1.25. The van der Waals surface area contributed by atoms with E-state index in [1.807, 2.05) is 12.3 Å². The quantitative estimate of drug-likeness (QED) is 0.682. The summed E-state index contributed by atoms with van der Waals surface area (Å²) in [6, 6.07) is 3.77. The lowest BCUT2D eigenvalue weighted by Gasteiger charge is -2.14. The molecule has 2 amide bonds. The number of nitrogens with zero attached hydrogens (tertiary/aromatic N) is 2. The lowest BCUT2D eigenvalue weighted by Crippen LogP contribution is -2.43. The third-order valence-corrected chi connectivity index (χ3v) is 3.49. The van der Waals surface area contributed by atoms with E-state index >= 15 is 0 Å². The topological polar surface area (TPSA) is 78.9 Å². The van der Waals surface area contributed by atoms with Gasteiger partial charge in [0.05, 0.1) is 0 Å². The Morgan fingerprint density at radius 2 is 2.14 bits per heavy atom. The standard InChI is InChI=1S/C14H19N5OS/c1-11(9-12-3-8-21-10-12)19-14(20)18-7-6-17-13-15-4-2-5-16-13/h2-5,8,10-11H,6-7,9H2,1H3,(H,15,16,17)(H2,18,19,20)/t11-/m0/s1. The molecule has 21 heavy (non-hydrogen) atoms. The summed E-state index contributed by atoms with van der Waals surface area (Å²) in [5, 5.41) is 12.9. The largest absolute Gasteiger partial charge is 0.352 e. The number of rotatable bonds is 7. The summed E-state index contributed by atoms with van der Waals surface area (Å²) in [5.74, 6) is 0.561. The fraction of sp³-hybridized carbons (Fsp3) is 0.357. The fourth-order valence-electron chi connectivity index (χ4n) is 1.83. The van der Waals surface area contributed by atoms with Crippen molar-refractivity contribution in [3.05, 3.63) is 40.8 Å². The third-order valence-electron chi connectivity index (χ3n) is 2.76. The van der Waals surface area contributed by atoms with Crippen LogP contribution in [0.5, 0.6) is 0 Å². The first-order chi connectivity index (χ1) is 10.2. The zero-order chi connectivity index (χ0) is 14.9. The van der Waals surface area contributed by atoms with Crippen LogP contribution in [0.2, 0.25) is 0 Å². The number of aromatic nitrogens is 2. The highest BCUT2D eigenvalue weighted by Gasteiger charge is 2.07. The van der Waals surface area contributed by atoms with Crippen molar-refractivity contribution in [2.75, 3.05) is 18.4 Å². The van der Waals surface area contributed by atoms with Gasteiger partial charge in [-0.15, -0.1) is 0 Å². The predicted molar refractivity (Wildman–Crippen MR) is 84.5 cm³/mol. The predicted octanol–water partition coefficient (Wildman–Crippen LogP) is 1.88. The van der Waals surface area contributed by atoms with Crippen molar-refractivity contribution in [2.45, 2.75) is 19.4 Å². The van der Waals surface area contributed by atoms with Crippen molar-refractivity contribution in [1.82, 2.24) is 20.6 Å². The normalized spacial score (nSPS) is 11.7. The summed E-state index contributed by atoms with van der Waals surface area (Å²) in [6.45, 7) is 3.08. The molecule has 1 atom stereocenters. The Balaban J connectivity index is 1.59. The number of thiophene rings is 1. The summed E-state index contributed by atoms with van der Waals surface area (Å²) < 4.78 is 0. The number of carbonyl (C=O) groups is 1. The van der Waals surface area contributed by atoms with Gasteiger partial charge < -0.3 is 16.0 Å². The number of nitrogens with one attached hydrogen (secondary N) is 3. The summed E-state index contributed by atoms with van der Waals surface area (Å²) in [4.78, 5) is 19.8. The Kier molecular flexibility index (Phi) is 5.96. The molecule has 3 N–H and O–H groups in total. The molecule has 2 heterocycles. The van der Waals surface area contributed by atoms with Gasteiger partial charge in [-0.1, -0.05) is 0 Å². The van der Waals surface area contributed by atoms with Gasteiger partial charge >= 0.3 is 6.03 Å². The smallest absolute Gasteiger partial charge is 0.315 e. The molecular formula is C14H19N5OS. The summed E-state index contributed by atoms with van der Waals surface area (Å²) >= 11 is 1.67. The molecule has 0 saturated heterocycles. The Morgan fingerprint density at radius 3 is 2.86 bits per heavy atom. The Labute approximate surface area is 128 Å². The average Bonchev–Trinajstić information content (AvgIpc) is 2.97. The molecule has 0 spiro atoms. The van der Waals surface area contributed by atoms with Gasteiger partial charge in [0.1, 0.15) is 0 Å². The molecule has 7 heteroatoms. The van der Waals surface area contributed by atoms with Crippen LogP contribution in [0.3, 0.4) is 0 Å². The van der Waals surface area contributed by atoms with E-state index in [1.165, 1.54) is 5.56 Å². The van der Waals surface area contributed by atoms with Crippen molar-refractivity contribution < 1.29 is 4.79 Å². The van der Waals surface area contributed by atoms with Crippen LogP contribution in [-0.4, -0.2) is 35.1 Å². The SMILES string of the molecule is C[C@@H](Cc1ccsc1)NC(=O)NCCNc1ncccn1. The molecule has 2 aromatic rings. The van der Waals surface area contributed by atoms with Crippen LogP contribution in [0.25, 0.3) is 0 Å². The molecule has 0 aromatic carbocycles. The zero-order valence-electron chi connectivity index (χ0n) is 11.9. The monoisotopic (exact) mass is 305 g/mol. The number of anilines is 1. The second kappa shape index (κ2) is 8.21. The van der Waals surface area contributed by atoms with Gasteiger partial charge in [-0.25, -0.2) is 14.8 Å². The highest BCUT2D eigenvalue weighted by atomic mass is 32.1. The second-order valence-electron chi connectivity index (χ2n) is 4.64. The van der Waals surface area contributed by atoms with E-state index in [0.29, 0.717) is 19.0 Å². The summed E-state index contributed by atoms with van der Waals surface area (Å²) in [7, 11) is 0. The van der Waals surface area contributed by atoms with Crippen LogP contribution < -0.4 is 16.0 Å². The van der Waals surface area contributed by atoms with Gasteiger partial charge in [-0.2, -0.15) is 11.3 Å². The maximum atomic E-state index is 11.7. The fourth-order valence-corrected chi connectivity index (χ4v) is 2.51. The van der Waals surface area contributed by atoms with E-state index < -0.39 is 0 Å². The second-order valence-corrected chi connectivity index (χ2v) is 5.42. The van der Waals surface area contributed by atoms with Gasteiger partial charge in [-0.3, -0.25) is 0 Å². The molecule has 0 aliphatic carbocycles. The molecule has 0 bridgehead atoms. The summed E-state index contributed by atoms with van der Waals surface area (Å²) in [6.07, 6.45) is 4.18. The number of amides is 2. The number of carbonyl (C=O) groups excluding carboxylic acids is 1. The first kappa shape index (κ1) is 15.2.